The average Bonchev–Trinajstić information content (AvgIpc) is 2.47. The largest absolute Gasteiger partial charge is 0.473 e. The van der Waals surface area contributed by atoms with Gasteiger partial charge >= 0.3 is 5.97 Å². The van der Waals surface area contributed by atoms with E-state index >= 15 is 0 Å². The summed E-state index contributed by atoms with van der Waals surface area (Å²) in [4.78, 5) is 15.9. The van der Waals surface area contributed by atoms with Crippen LogP contribution in [0.2, 0.25) is 0 Å². The van der Waals surface area contributed by atoms with Crippen molar-refractivity contribution < 1.29 is 14.3 Å². The Labute approximate surface area is 119 Å². The second-order valence-corrected chi connectivity index (χ2v) is 5.11. The van der Waals surface area contributed by atoms with E-state index in [0.29, 0.717) is 23.2 Å². The van der Waals surface area contributed by atoms with Crippen LogP contribution in [0.4, 0.5) is 0 Å². The number of methoxy groups -OCH3 is 1. The van der Waals surface area contributed by atoms with Crippen LogP contribution in [0.5, 0.6) is 5.88 Å². The quantitative estimate of drug-likeness (QED) is 0.855. The van der Waals surface area contributed by atoms with Crippen molar-refractivity contribution in [1.29, 1.82) is 0 Å². The Hall–Kier alpha value is -1.62. The molecule has 0 amide bonds. The molecule has 2 unspecified atom stereocenters. The summed E-state index contributed by atoms with van der Waals surface area (Å²) >= 11 is 0. The standard InChI is InChI=1S/C15H22N2O3/c1-10-11(15(18)19-3)8-9-14(17-10)20-13-7-5-4-6-12(13)16-2/h8-9,12-13,16H,4-7H2,1-3H3. The highest BCUT2D eigenvalue weighted by atomic mass is 16.5. The molecule has 1 heterocycles. The van der Waals surface area contributed by atoms with Crippen molar-refractivity contribution >= 4 is 5.97 Å². The van der Waals surface area contributed by atoms with Gasteiger partial charge in [-0.15, -0.1) is 0 Å². The number of nitrogens with zero attached hydrogens (tertiary/aromatic N) is 1. The fourth-order valence-electron chi connectivity index (χ4n) is 2.65. The molecular formula is C15H22N2O3. The number of esters is 1. The van der Waals surface area contributed by atoms with E-state index in [1.807, 2.05) is 7.05 Å². The molecule has 2 atom stereocenters. The summed E-state index contributed by atoms with van der Waals surface area (Å²) in [6.45, 7) is 1.79. The van der Waals surface area contributed by atoms with E-state index in [4.69, 9.17) is 9.47 Å². The van der Waals surface area contributed by atoms with E-state index in [2.05, 4.69) is 10.3 Å². The Morgan fingerprint density at radius 2 is 2.10 bits per heavy atom. The first kappa shape index (κ1) is 14.8. The Bertz CT molecular complexity index is 476. The normalized spacial score (nSPS) is 22.4. The number of aryl methyl sites for hydroxylation is 1. The van der Waals surface area contributed by atoms with E-state index in [-0.39, 0.29) is 12.1 Å². The van der Waals surface area contributed by atoms with Crippen molar-refractivity contribution in [2.75, 3.05) is 14.2 Å². The molecule has 1 fully saturated rings. The van der Waals surface area contributed by atoms with E-state index in [0.717, 1.165) is 12.8 Å². The third-order valence-electron chi connectivity index (χ3n) is 3.81. The van der Waals surface area contributed by atoms with Crippen molar-refractivity contribution in [2.24, 2.45) is 0 Å². The van der Waals surface area contributed by atoms with Gasteiger partial charge in [-0.05, 0) is 39.3 Å². The zero-order valence-corrected chi connectivity index (χ0v) is 12.3. The van der Waals surface area contributed by atoms with Gasteiger partial charge in [-0.25, -0.2) is 9.78 Å². The molecule has 5 heteroatoms. The van der Waals surface area contributed by atoms with Crippen LogP contribution in [0.25, 0.3) is 0 Å². The number of hydrogen-bond acceptors (Lipinski definition) is 5. The van der Waals surface area contributed by atoms with Crippen molar-refractivity contribution in [3.05, 3.63) is 23.4 Å². The maximum atomic E-state index is 11.5. The number of carbonyl (C=O) groups excluding carboxylic acids is 1. The fourth-order valence-corrected chi connectivity index (χ4v) is 2.65. The number of rotatable bonds is 4. The van der Waals surface area contributed by atoms with E-state index < -0.39 is 0 Å². The molecular weight excluding hydrogens is 256 g/mol. The molecule has 1 N–H and O–H groups in total. The summed E-state index contributed by atoms with van der Waals surface area (Å²) in [5.74, 6) is 0.203. The fraction of sp³-hybridized carbons (Fsp3) is 0.600. The van der Waals surface area contributed by atoms with Crippen LogP contribution in [-0.4, -0.2) is 37.3 Å². The van der Waals surface area contributed by atoms with Gasteiger partial charge in [-0.2, -0.15) is 0 Å². The molecule has 1 aliphatic carbocycles. The molecule has 1 aromatic rings. The summed E-state index contributed by atoms with van der Waals surface area (Å²) in [6, 6.07) is 3.81. The Balaban J connectivity index is 2.09. The molecule has 0 aromatic carbocycles. The van der Waals surface area contributed by atoms with E-state index in [1.165, 1.54) is 20.0 Å². The van der Waals surface area contributed by atoms with Crippen LogP contribution in [-0.2, 0) is 4.74 Å². The molecule has 1 saturated carbocycles. The summed E-state index contributed by atoms with van der Waals surface area (Å²) in [6.07, 6.45) is 4.72. The Morgan fingerprint density at radius 3 is 2.75 bits per heavy atom. The van der Waals surface area contributed by atoms with Gasteiger partial charge in [-0.1, -0.05) is 6.42 Å². The van der Waals surface area contributed by atoms with E-state index in [9.17, 15) is 4.79 Å². The zero-order chi connectivity index (χ0) is 14.5. The third kappa shape index (κ3) is 3.28. The van der Waals surface area contributed by atoms with Gasteiger partial charge < -0.3 is 14.8 Å². The summed E-state index contributed by atoms with van der Waals surface area (Å²) in [5.41, 5.74) is 1.11. The molecule has 0 saturated heterocycles. The molecule has 5 nitrogen and oxygen atoms in total. The van der Waals surface area contributed by atoms with Gasteiger partial charge in [0.15, 0.2) is 0 Å². The molecule has 0 radical (unpaired) electrons. The second-order valence-electron chi connectivity index (χ2n) is 5.11. The SMILES string of the molecule is CNC1CCCCC1Oc1ccc(C(=O)OC)c(C)n1. The highest BCUT2D eigenvalue weighted by Gasteiger charge is 2.26. The Kier molecular flexibility index (Phi) is 4.95. The molecule has 2 rings (SSSR count). The molecule has 0 aliphatic heterocycles. The number of ether oxygens (including phenoxy) is 2. The number of hydrogen-bond donors (Lipinski definition) is 1. The molecule has 20 heavy (non-hydrogen) atoms. The Morgan fingerprint density at radius 1 is 1.35 bits per heavy atom. The lowest BCUT2D eigenvalue weighted by atomic mass is 9.92. The predicted octanol–water partition coefficient (Wildman–Crippen LogP) is 2.09. The number of aromatic nitrogens is 1. The van der Waals surface area contributed by atoms with Crippen molar-refractivity contribution in [2.45, 2.75) is 44.8 Å². The summed E-state index contributed by atoms with van der Waals surface area (Å²) in [5, 5.41) is 3.30. The van der Waals surface area contributed by atoms with Gasteiger partial charge in [0.05, 0.1) is 18.4 Å². The topological polar surface area (TPSA) is 60.5 Å². The molecule has 0 bridgehead atoms. The number of likely N-dealkylation sites (N-methyl/N-ethyl adjacent to an activating group) is 1. The van der Waals surface area contributed by atoms with Crippen molar-refractivity contribution in [3.8, 4) is 5.88 Å². The van der Waals surface area contributed by atoms with Crippen LogP contribution < -0.4 is 10.1 Å². The number of carbonyl (C=O) groups is 1. The number of pyridine rings is 1. The molecule has 0 spiro atoms. The first-order valence-electron chi connectivity index (χ1n) is 7.05. The molecule has 110 valence electrons. The van der Waals surface area contributed by atoms with Crippen molar-refractivity contribution in [3.63, 3.8) is 0 Å². The smallest absolute Gasteiger partial charge is 0.339 e. The minimum absolute atomic E-state index is 0.143. The second kappa shape index (κ2) is 6.70. The number of nitrogens with one attached hydrogen (secondary N) is 1. The van der Waals surface area contributed by atoms with Crippen LogP contribution in [0.15, 0.2) is 12.1 Å². The van der Waals surface area contributed by atoms with Gasteiger partial charge in [0.2, 0.25) is 5.88 Å². The monoisotopic (exact) mass is 278 g/mol. The minimum Gasteiger partial charge on any atom is -0.473 e. The van der Waals surface area contributed by atoms with Crippen LogP contribution in [0.3, 0.4) is 0 Å². The lowest BCUT2D eigenvalue weighted by molar-refractivity contribution is 0.0599. The zero-order valence-electron chi connectivity index (χ0n) is 12.3. The highest BCUT2D eigenvalue weighted by Crippen LogP contribution is 2.23. The average molecular weight is 278 g/mol. The summed E-state index contributed by atoms with van der Waals surface area (Å²) < 4.78 is 10.7. The van der Waals surface area contributed by atoms with Crippen LogP contribution >= 0.6 is 0 Å². The van der Waals surface area contributed by atoms with Gasteiger partial charge in [0, 0.05) is 12.1 Å². The third-order valence-corrected chi connectivity index (χ3v) is 3.81. The van der Waals surface area contributed by atoms with Gasteiger partial charge in [0.25, 0.3) is 0 Å². The highest BCUT2D eigenvalue weighted by molar-refractivity contribution is 5.90. The van der Waals surface area contributed by atoms with Crippen molar-refractivity contribution in [1.82, 2.24) is 10.3 Å². The van der Waals surface area contributed by atoms with E-state index in [1.54, 1.807) is 19.1 Å². The maximum Gasteiger partial charge on any atom is 0.339 e. The lowest BCUT2D eigenvalue weighted by Crippen LogP contribution is -2.43. The van der Waals surface area contributed by atoms with Gasteiger partial charge in [0.1, 0.15) is 6.10 Å². The van der Waals surface area contributed by atoms with Crippen LogP contribution in [0.1, 0.15) is 41.7 Å². The first-order chi connectivity index (χ1) is 9.65. The van der Waals surface area contributed by atoms with Gasteiger partial charge in [-0.3, -0.25) is 0 Å². The first-order valence-corrected chi connectivity index (χ1v) is 7.05. The maximum absolute atomic E-state index is 11.5. The summed E-state index contributed by atoms with van der Waals surface area (Å²) in [7, 11) is 3.33. The molecule has 1 aliphatic rings. The molecule has 1 aromatic heterocycles. The minimum atomic E-state index is -0.368. The lowest BCUT2D eigenvalue weighted by Gasteiger charge is -2.31. The predicted molar refractivity (Wildman–Crippen MR) is 76.0 cm³/mol. The van der Waals surface area contributed by atoms with Crippen LogP contribution in [0, 0.1) is 6.92 Å².